The summed E-state index contributed by atoms with van der Waals surface area (Å²) in [4.78, 5) is 28.2. The quantitative estimate of drug-likeness (QED) is 0.839. The highest BCUT2D eigenvalue weighted by Crippen LogP contribution is 2.26. The maximum Gasteiger partial charge on any atom is 0.246 e. The molecule has 2 fully saturated rings. The van der Waals surface area contributed by atoms with Crippen LogP contribution in [0.4, 0.5) is 0 Å². The fourth-order valence-electron chi connectivity index (χ4n) is 3.13. The Bertz CT molecular complexity index is 532. The van der Waals surface area contributed by atoms with Gasteiger partial charge in [-0.1, -0.05) is 18.2 Å². The SMILES string of the molecule is C[C@H]1C(=O)N2CCC[C@H]2C(=O)N1CCOc1ccccc1. The van der Waals surface area contributed by atoms with Gasteiger partial charge in [-0.3, -0.25) is 9.59 Å². The van der Waals surface area contributed by atoms with Crippen molar-refractivity contribution in [3.05, 3.63) is 30.3 Å². The molecule has 0 bridgehead atoms. The van der Waals surface area contributed by atoms with E-state index in [1.54, 1.807) is 16.7 Å². The molecule has 2 heterocycles. The van der Waals surface area contributed by atoms with Crippen LogP contribution in [0.5, 0.6) is 5.75 Å². The van der Waals surface area contributed by atoms with Crippen LogP contribution in [0.2, 0.25) is 0 Å². The van der Waals surface area contributed by atoms with Crippen LogP contribution in [-0.2, 0) is 9.59 Å². The Labute approximate surface area is 124 Å². The molecule has 0 spiro atoms. The molecule has 2 aliphatic heterocycles. The number of nitrogens with zero attached hydrogens (tertiary/aromatic N) is 2. The Morgan fingerprint density at radius 3 is 2.71 bits per heavy atom. The molecule has 21 heavy (non-hydrogen) atoms. The van der Waals surface area contributed by atoms with Crippen LogP contribution < -0.4 is 4.74 Å². The van der Waals surface area contributed by atoms with Crippen LogP contribution in [0.1, 0.15) is 19.8 Å². The first-order valence-corrected chi connectivity index (χ1v) is 7.47. The molecule has 2 saturated heterocycles. The van der Waals surface area contributed by atoms with Gasteiger partial charge in [0.25, 0.3) is 0 Å². The molecule has 0 N–H and O–H groups in total. The standard InChI is InChI=1S/C16H20N2O3/c1-12-15(19)18-9-5-8-14(18)16(20)17(12)10-11-21-13-6-3-2-4-7-13/h2-4,6-7,12,14H,5,8-11H2,1H3/t12-,14-/m0/s1. The Kier molecular flexibility index (Phi) is 3.82. The number of fused-ring (bicyclic) bond motifs is 1. The van der Waals surface area contributed by atoms with Gasteiger partial charge in [0, 0.05) is 6.54 Å². The number of carbonyl (C=O) groups excluding carboxylic acids is 2. The van der Waals surface area contributed by atoms with E-state index in [-0.39, 0.29) is 23.9 Å². The molecule has 0 radical (unpaired) electrons. The normalized spacial score (nSPS) is 25.2. The smallest absolute Gasteiger partial charge is 0.246 e. The Balaban J connectivity index is 1.61. The first-order valence-electron chi connectivity index (χ1n) is 7.47. The molecular formula is C16H20N2O3. The van der Waals surface area contributed by atoms with E-state index >= 15 is 0 Å². The number of benzene rings is 1. The minimum Gasteiger partial charge on any atom is -0.492 e. The zero-order valence-corrected chi connectivity index (χ0v) is 12.2. The molecule has 5 heteroatoms. The van der Waals surface area contributed by atoms with Gasteiger partial charge in [0.2, 0.25) is 11.8 Å². The van der Waals surface area contributed by atoms with Crippen molar-refractivity contribution in [1.29, 1.82) is 0 Å². The first kappa shape index (κ1) is 13.9. The van der Waals surface area contributed by atoms with E-state index in [9.17, 15) is 9.59 Å². The number of amides is 2. The number of ether oxygens (including phenoxy) is 1. The average Bonchev–Trinajstić information content (AvgIpc) is 2.99. The number of carbonyl (C=O) groups is 2. The van der Waals surface area contributed by atoms with Gasteiger partial charge in [0.1, 0.15) is 24.4 Å². The lowest BCUT2D eigenvalue weighted by molar-refractivity contribution is -0.158. The predicted molar refractivity (Wildman–Crippen MR) is 77.8 cm³/mol. The molecule has 0 unspecified atom stereocenters. The molecular weight excluding hydrogens is 268 g/mol. The van der Waals surface area contributed by atoms with Crippen molar-refractivity contribution in [2.45, 2.75) is 31.8 Å². The third-order valence-corrected chi connectivity index (χ3v) is 4.27. The summed E-state index contributed by atoms with van der Waals surface area (Å²) in [6, 6.07) is 8.87. The summed E-state index contributed by atoms with van der Waals surface area (Å²) in [6.45, 7) is 3.37. The summed E-state index contributed by atoms with van der Waals surface area (Å²) in [5.74, 6) is 0.913. The topological polar surface area (TPSA) is 49.9 Å². The molecule has 1 aromatic rings. The first-order chi connectivity index (χ1) is 10.2. The van der Waals surface area contributed by atoms with E-state index < -0.39 is 0 Å². The number of rotatable bonds is 4. The zero-order valence-electron chi connectivity index (χ0n) is 12.2. The second-order valence-electron chi connectivity index (χ2n) is 5.56. The van der Waals surface area contributed by atoms with Crippen molar-refractivity contribution in [1.82, 2.24) is 9.80 Å². The molecule has 2 atom stereocenters. The molecule has 5 nitrogen and oxygen atoms in total. The minimum absolute atomic E-state index is 0.0660. The predicted octanol–water partition coefficient (Wildman–Crippen LogP) is 1.29. The molecule has 112 valence electrons. The lowest BCUT2D eigenvalue weighted by Gasteiger charge is -2.40. The highest BCUT2D eigenvalue weighted by molar-refractivity contribution is 5.97. The summed E-state index contributed by atoms with van der Waals surface area (Å²) in [7, 11) is 0. The molecule has 1 aromatic carbocycles. The van der Waals surface area contributed by atoms with Crippen molar-refractivity contribution in [3.63, 3.8) is 0 Å². The van der Waals surface area contributed by atoms with E-state index in [1.807, 2.05) is 30.3 Å². The number of hydrogen-bond acceptors (Lipinski definition) is 3. The van der Waals surface area contributed by atoms with Crippen LogP contribution in [0.25, 0.3) is 0 Å². The van der Waals surface area contributed by atoms with Crippen LogP contribution >= 0.6 is 0 Å². The largest absolute Gasteiger partial charge is 0.492 e. The summed E-state index contributed by atoms with van der Waals surface area (Å²) < 4.78 is 5.63. The van der Waals surface area contributed by atoms with E-state index in [1.165, 1.54) is 0 Å². The molecule has 0 aromatic heterocycles. The number of hydrogen-bond donors (Lipinski definition) is 0. The molecule has 2 aliphatic rings. The van der Waals surface area contributed by atoms with E-state index in [0.29, 0.717) is 19.7 Å². The summed E-state index contributed by atoms with van der Waals surface area (Å²) in [5.41, 5.74) is 0. The third kappa shape index (κ3) is 2.60. The Morgan fingerprint density at radius 1 is 1.19 bits per heavy atom. The lowest BCUT2D eigenvalue weighted by atomic mass is 10.1. The summed E-state index contributed by atoms with van der Waals surface area (Å²) in [5, 5.41) is 0. The summed E-state index contributed by atoms with van der Waals surface area (Å²) in [6.07, 6.45) is 1.70. The highest BCUT2D eigenvalue weighted by atomic mass is 16.5. The van der Waals surface area contributed by atoms with Gasteiger partial charge in [-0.15, -0.1) is 0 Å². The fraction of sp³-hybridized carbons (Fsp3) is 0.500. The molecule has 3 rings (SSSR count). The van der Waals surface area contributed by atoms with Gasteiger partial charge in [-0.05, 0) is 31.9 Å². The second kappa shape index (κ2) is 5.76. The van der Waals surface area contributed by atoms with Crippen molar-refractivity contribution in [3.8, 4) is 5.75 Å². The van der Waals surface area contributed by atoms with Crippen LogP contribution in [0, 0.1) is 0 Å². The molecule has 0 aliphatic carbocycles. The van der Waals surface area contributed by atoms with Gasteiger partial charge in [-0.25, -0.2) is 0 Å². The van der Waals surface area contributed by atoms with E-state index in [2.05, 4.69) is 0 Å². The van der Waals surface area contributed by atoms with Gasteiger partial charge < -0.3 is 14.5 Å². The lowest BCUT2D eigenvalue weighted by Crippen LogP contribution is -2.62. The molecule has 0 saturated carbocycles. The van der Waals surface area contributed by atoms with Crippen molar-refractivity contribution in [2.75, 3.05) is 19.7 Å². The maximum absolute atomic E-state index is 12.5. The number of piperazine rings is 1. The van der Waals surface area contributed by atoms with Gasteiger partial charge >= 0.3 is 0 Å². The van der Waals surface area contributed by atoms with Gasteiger partial charge in [0.15, 0.2) is 0 Å². The fourth-order valence-corrected chi connectivity index (χ4v) is 3.13. The highest BCUT2D eigenvalue weighted by Gasteiger charge is 2.45. The van der Waals surface area contributed by atoms with Crippen LogP contribution in [0.3, 0.4) is 0 Å². The van der Waals surface area contributed by atoms with Crippen molar-refractivity contribution < 1.29 is 14.3 Å². The second-order valence-corrected chi connectivity index (χ2v) is 5.56. The third-order valence-electron chi connectivity index (χ3n) is 4.27. The zero-order chi connectivity index (χ0) is 14.8. The van der Waals surface area contributed by atoms with Gasteiger partial charge in [0.05, 0.1) is 6.54 Å². The Hall–Kier alpha value is -2.04. The van der Waals surface area contributed by atoms with Crippen molar-refractivity contribution >= 4 is 11.8 Å². The van der Waals surface area contributed by atoms with E-state index in [4.69, 9.17) is 4.74 Å². The Morgan fingerprint density at radius 2 is 1.95 bits per heavy atom. The van der Waals surface area contributed by atoms with Crippen LogP contribution in [-0.4, -0.2) is 53.4 Å². The van der Waals surface area contributed by atoms with Crippen molar-refractivity contribution in [2.24, 2.45) is 0 Å². The van der Waals surface area contributed by atoms with Gasteiger partial charge in [-0.2, -0.15) is 0 Å². The monoisotopic (exact) mass is 288 g/mol. The molecule has 2 amide bonds. The number of para-hydroxylation sites is 1. The minimum atomic E-state index is -0.383. The maximum atomic E-state index is 12.5. The van der Waals surface area contributed by atoms with E-state index in [0.717, 1.165) is 18.6 Å². The average molecular weight is 288 g/mol. The van der Waals surface area contributed by atoms with Crippen LogP contribution in [0.15, 0.2) is 30.3 Å². The summed E-state index contributed by atoms with van der Waals surface area (Å²) >= 11 is 0.